The predicted molar refractivity (Wildman–Crippen MR) is 96.4 cm³/mol. The summed E-state index contributed by atoms with van der Waals surface area (Å²) in [5.41, 5.74) is 0.810. The Morgan fingerprint density at radius 3 is 2.48 bits per heavy atom. The van der Waals surface area contributed by atoms with Crippen LogP contribution in [0.15, 0.2) is 12.1 Å². The molecular formula is C18H27N3O4. The molecule has 7 heteroatoms. The van der Waals surface area contributed by atoms with Crippen LogP contribution in [0.1, 0.15) is 29.6 Å². The summed E-state index contributed by atoms with van der Waals surface area (Å²) < 4.78 is 10.6. The van der Waals surface area contributed by atoms with Crippen LogP contribution in [-0.2, 0) is 4.79 Å². The van der Waals surface area contributed by atoms with E-state index in [9.17, 15) is 9.59 Å². The van der Waals surface area contributed by atoms with Crippen LogP contribution in [0.4, 0.5) is 5.69 Å². The van der Waals surface area contributed by atoms with E-state index in [4.69, 9.17) is 9.47 Å². The molecule has 1 aliphatic heterocycles. The first-order valence-corrected chi connectivity index (χ1v) is 8.44. The Balaban J connectivity index is 2.18. The molecule has 1 saturated heterocycles. The highest BCUT2D eigenvalue weighted by Gasteiger charge is 2.21. The number of carbonyl (C=O) groups excluding carboxylic acids is 2. The first kappa shape index (κ1) is 19.1. The van der Waals surface area contributed by atoms with E-state index in [0.29, 0.717) is 35.1 Å². The van der Waals surface area contributed by atoms with E-state index in [1.807, 2.05) is 0 Å². The van der Waals surface area contributed by atoms with Crippen LogP contribution in [0.3, 0.4) is 0 Å². The number of methoxy groups -OCH3 is 2. The van der Waals surface area contributed by atoms with Crippen LogP contribution in [0.5, 0.6) is 11.5 Å². The van der Waals surface area contributed by atoms with Gasteiger partial charge < -0.3 is 25.0 Å². The van der Waals surface area contributed by atoms with Crippen molar-refractivity contribution in [1.82, 2.24) is 10.2 Å². The lowest BCUT2D eigenvalue weighted by atomic mass is 10.0. The van der Waals surface area contributed by atoms with Crippen molar-refractivity contribution in [3.8, 4) is 11.5 Å². The zero-order valence-corrected chi connectivity index (χ0v) is 15.3. The average Bonchev–Trinajstić information content (AvgIpc) is 3.12. The van der Waals surface area contributed by atoms with Crippen LogP contribution < -0.4 is 20.1 Å². The quantitative estimate of drug-likeness (QED) is 0.784. The van der Waals surface area contributed by atoms with E-state index in [1.54, 1.807) is 26.2 Å². The first-order valence-electron chi connectivity index (χ1n) is 8.44. The highest BCUT2D eigenvalue weighted by Crippen LogP contribution is 2.34. The van der Waals surface area contributed by atoms with Crippen LogP contribution in [0.25, 0.3) is 0 Å². The molecule has 0 aliphatic carbocycles. The molecule has 2 amide bonds. The van der Waals surface area contributed by atoms with E-state index in [2.05, 4.69) is 10.6 Å². The minimum absolute atomic E-state index is 0.105. The number of nitrogens with one attached hydrogen (secondary N) is 2. The number of amides is 2. The minimum atomic E-state index is -0.212. The summed E-state index contributed by atoms with van der Waals surface area (Å²) in [4.78, 5) is 26.3. The third-order valence-electron chi connectivity index (χ3n) is 4.38. The zero-order chi connectivity index (χ0) is 18.4. The van der Waals surface area contributed by atoms with Gasteiger partial charge in [-0.2, -0.15) is 0 Å². The fourth-order valence-corrected chi connectivity index (χ4v) is 2.91. The molecule has 0 aromatic heterocycles. The van der Waals surface area contributed by atoms with Crippen molar-refractivity contribution in [2.24, 2.45) is 5.92 Å². The number of hydrogen-bond acceptors (Lipinski definition) is 5. The van der Waals surface area contributed by atoms with Crippen molar-refractivity contribution in [2.75, 3.05) is 46.7 Å². The molecule has 25 heavy (non-hydrogen) atoms. The molecule has 1 atom stereocenters. The normalized spacial score (nSPS) is 16.4. The second kappa shape index (κ2) is 8.71. The molecule has 2 N–H and O–H groups in total. The summed E-state index contributed by atoms with van der Waals surface area (Å²) in [7, 11) is 6.36. The van der Waals surface area contributed by atoms with Gasteiger partial charge in [0.15, 0.2) is 11.5 Å². The Kier molecular flexibility index (Phi) is 6.64. The fraction of sp³-hybridized carbons (Fsp3) is 0.556. The van der Waals surface area contributed by atoms with Gasteiger partial charge in [0.1, 0.15) is 0 Å². The lowest BCUT2D eigenvalue weighted by Gasteiger charge is -2.18. The summed E-state index contributed by atoms with van der Waals surface area (Å²) in [6.45, 7) is 1.98. The van der Waals surface area contributed by atoms with Crippen molar-refractivity contribution >= 4 is 17.5 Å². The number of hydrogen-bond donors (Lipinski definition) is 2. The molecule has 0 spiro atoms. The van der Waals surface area contributed by atoms with Gasteiger partial charge in [0.25, 0.3) is 5.91 Å². The lowest BCUT2D eigenvalue weighted by molar-refractivity contribution is -0.116. The van der Waals surface area contributed by atoms with E-state index >= 15 is 0 Å². The molecule has 1 aromatic rings. The predicted octanol–water partition coefficient (Wildman–Crippen LogP) is 1.73. The van der Waals surface area contributed by atoms with E-state index < -0.39 is 0 Å². The maximum Gasteiger partial charge on any atom is 0.255 e. The van der Waals surface area contributed by atoms with Gasteiger partial charge in [0.05, 0.1) is 25.5 Å². The third kappa shape index (κ3) is 4.85. The van der Waals surface area contributed by atoms with Gasteiger partial charge >= 0.3 is 0 Å². The molecule has 2 rings (SSSR count). The molecule has 1 unspecified atom stereocenters. The molecule has 0 bridgehead atoms. The van der Waals surface area contributed by atoms with Gasteiger partial charge in [0, 0.05) is 26.6 Å². The summed E-state index contributed by atoms with van der Waals surface area (Å²) in [5.74, 6) is 1.14. The maximum absolute atomic E-state index is 12.5. The van der Waals surface area contributed by atoms with Crippen LogP contribution in [-0.4, -0.2) is 58.1 Å². The van der Waals surface area contributed by atoms with Crippen molar-refractivity contribution < 1.29 is 19.1 Å². The Bertz CT molecular complexity index is 625. The van der Waals surface area contributed by atoms with E-state index in [0.717, 1.165) is 25.9 Å². The smallest absolute Gasteiger partial charge is 0.255 e. The highest BCUT2D eigenvalue weighted by atomic mass is 16.5. The molecule has 0 saturated carbocycles. The number of carbonyl (C=O) groups is 2. The van der Waals surface area contributed by atoms with Gasteiger partial charge in [-0.15, -0.1) is 0 Å². The second-order valence-electron chi connectivity index (χ2n) is 6.40. The van der Waals surface area contributed by atoms with Crippen molar-refractivity contribution in [2.45, 2.75) is 19.3 Å². The number of ether oxygens (including phenoxy) is 2. The molecule has 138 valence electrons. The molecule has 1 aromatic carbocycles. The SMILES string of the molecule is COc1cc(NC(=O)CCC2CCNC2)c(C(=O)N(C)C)cc1OC. The minimum Gasteiger partial charge on any atom is -0.493 e. The second-order valence-corrected chi connectivity index (χ2v) is 6.40. The maximum atomic E-state index is 12.5. The Morgan fingerprint density at radius 1 is 1.24 bits per heavy atom. The molecule has 1 fully saturated rings. The lowest BCUT2D eigenvalue weighted by Crippen LogP contribution is -2.24. The van der Waals surface area contributed by atoms with Gasteiger partial charge in [-0.05, 0) is 37.9 Å². The first-order chi connectivity index (χ1) is 12.0. The topological polar surface area (TPSA) is 79.9 Å². The molecular weight excluding hydrogens is 322 g/mol. The van der Waals surface area contributed by atoms with Crippen molar-refractivity contribution in [3.05, 3.63) is 17.7 Å². The Labute approximate surface area is 148 Å². The number of anilines is 1. The summed E-state index contributed by atoms with van der Waals surface area (Å²) in [6.07, 6.45) is 2.37. The van der Waals surface area contributed by atoms with E-state index in [-0.39, 0.29) is 11.8 Å². The molecule has 0 radical (unpaired) electrons. The zero-order valence-electron chi connectivity index (χ0n) is 15.3. The van der Waals surface area contributed by atoms with Crippen LogP contribution >= 0.6 is 0 Å². The van der Waals surface area contributed by atoms with Gasteiger partial charge in [-0.1, -0.05) is 0 Å². The van der Waals surface area contributed by atoms with Gasteiger partial charge in [-0.25, -0.2) is 0 Å². The Hall–Kier alpha value is -2.28. The van der Waals surface area contributed by atoms with Crippen LogP contribution in [0, 0.1) is 5.92 Å². The number of nitrogens with zero attached hydrogens (tertiary/aromatic N) is 1. The molecule has 1 heterocycles. The van der Waals surface area contributed by atoms with Crippen molar-refractivity contribution in [1.29, 1.82) is 0 Å². The summed E-state index contributed by atoms with van der Waals surface area (Å²) >= 11 is 0. The van der Waals surface area contributed by atoms with Crippen LogP contribution in [0.2, 0.25) is 0 Å². The van der Waals surface area contributed by atoms with E-state index in [1.165, 1.54) is 19.1 Å². The largest absolute Gasteiger partial charge is 0.493 e. The third-order valence-corrected chi connectivity index (χ3v) is 4.38. The fourth-order valence-electron chi connectivity index (χ4n) is 2.91. The number of benzene rings is 1. The van der Waals surface area contributed by atoms with Gasteiger partial charge in [0.2, 0.25) is 5.91 Å². The summed E-state index contributed by atoms with van der Waals surface area (Å²) in [6, 6.07) is 3.22. The summed E-state index contributed by atoms with van der Waals surface area (Å²) in [5, 5.41) is 6.15. The standard InChI is InChI=1S/C18H27N3O4/c1-21(2)18(23)13-9-15(24-3)16(25-4)10-14(13)20-17(22)6-5-12-7-8-19-11-12/h9-10,12,19H,5-8,11H2,1-4H3,(H,20,22). The van der Waals surface area contributed by atoms with Gasteiger partial charge in [-0.3, -0.25) is 9.59 Å². The molecule has 7 nitrogen and oxygen atoms in total. The number of rotatable bonds is 7. The average molecular weight is 349 g/mol. The molecule has 1 aliphatic rings. The Morgan fingerprint density at radius 2 is 1.92 bits per heavy atom. The van der Waals surface area contributed by atoms with Crippen molar-refractivity contribution in [3.63, 3.8) is 0 Å². The monoisotopic (exact) mass is 349 g/mol. The highest BCUT2D eigenvalue weighted by molar-refractivity contribution is 6.04.